The van der Waals surface area contributed by atoms with Crippen LogP contribution in [0.2, 0.25) is 0 Å². The number of benzene rings is 4. The number of rotatable bonds is 7. The molecular formula is C35H28N3OPt-. The minimum Gasteiger partial charge on any atom is -0.507 e. The zero-order chi connectivity index (χ0) is 26.6. The van der Waals surface area contributed by atoms with Crippen LogP contribution in [0, 0.1) is 6.07 Å². The van der Waals surface area contributed by atoms with Crippen molar-refractivity contribution < 1.29 is 26.2 Å². The predicted molar refractivity (Wildman–Crippen MR) is 158 cm³/mol. The first-order valence-corrected chi connectivity index (χ1v) is 13.1. The number of allylic oxidation sites excluding steroid dienone is 2. The predicted octanol–water partition coefficient (Wildman–Crippen LogP) is 7.81. The summed E-state index contributed by atoms with van der Waals surface area (Å²) < 4.78 is 1.98. The third-order valence-corrected chi connectivity index (χ3v) is 6.99. The van der Waals surface area contributed by atoms with E-state index in [2.05, 4.69) is 59.6 Å². The largest absolute Gasteiger partial charge is 0.507 e. The summed E-state index contributed by atoms with van der Waals surface area (Å²) in [6.07, 6.45) is 11.5. The third kappa shape index (κ3) is 5.68. The minimum absolute atomic E-state index is 0. The molecule has 4 aromatic carbocycles. The van der Waals surface area contributed by atoms with E-state index in [9.17, 15) is 5.11 Å². The van der Waals surface area contributed by atoms with E-state index < -0.39 is 0 Å². The van der Waals surface area contributed by atoms with Crippen molar-refractivity contribution in [3.8, 4) is 39.5 Å². The molecule has 0 radical (unpaired) electrons. The Morgan fingerprint density at radius 1 is 0.825 bits per heavy atom. The van der Waals surface area contributed by atoms with Crippen molar-refractivity contribution in [2.45, 2.75) is 12.8 Å². The van der Waals surface area contributed by atoms with Gasteiger partial charge in [0.05, 0.1) is 11.5 Å². The summed E-state index contributed by atoms with van der Waals surface area (Å²) in [5, 5.41) is 13.8. The molecule has 0 aliphatic heterocycles. The van der Waals surface area contributed by atoms with Crippen molar-refractivity contribution in [1.82, 2.24) is 14.5 Å². The molecule has 2 aromatic heterocycles. The minimum atomic E-state index is 0. The maximum atomic E-state index is 11.4. The first-order chi connectivity index (χ1) is 19.2. The van der Waals surface area contributed by atoms with Crippen LogP contribution >= 0.6 is 0 Å². The Morgan fingerprint density at radius 3 is 2.38 bits per heavy atom. The Labute approximate surface area is 249 Å². The summed E-state index contributed by atoms with van der Waals surface area (Å²) >= 11 is 0. The van der Waals surface area contributed by atoms with Crippen molar-refractivity contribution in [2.24, 2.45) is 7.05 Å². The van der Waals surface area contributed by atoms with Gasteiger partial charge in [-0.1, -0.05) is 66.7 Å². The molecule has 0 fully saturated rings. The van der Waals surface area contributed by atoms with Gasteiger partial charge in [-0.2, -0.15) is 0 Å². The Bertz CT molecular complexity index is 1770. The number of aromatic nitrogens is 3. The molecular weight excluding hydrogens is 673 g/mol. The zero-order valence-electron chi connectivity index (χ0n) is 22.1. The van der Waals surface area contributed by atoms with Crippen LogP contribution in [0.3, 0.4) is 0 Å². The number of hydrogen-bond donors (Lipinski definition) is 1. The molecule has 0 aliphatic carbocycles. The monoisotopic (exact) mass is 701 g/mol. The van der Waals surface area contributed by atoms with E-state index >= 15 is 0 Å². The Kier molecular flexibility index (Phi) is 8.38. The van der Waals surface area contributed by atoms with Gasteiger partial charge in [-0.05, 0) is 52.6 Å². The number of hydrogen-bond acceptors (Lipinski definition) is 3. The van der Waals surface area contributed by atoms with Crippen LogP contribution in [0.25, 0.3) is 44.5 Å². The zero-order valence-corrected chi connectivity index (χ0v) is 24.3. The first-order valence-electron chi connectivity index (χ1n) is 13.1. The van der Waals surface area contributed by atoms with Crippen LogP contribution in [-0.2, 0) is 41.0 Å². The topological polar surface area (TPSA) is 50.9 Å². The van der Waals surface area contributed by atoms with E-state index in [4.69, 9.17) is 4.98 Å². The number of phenols is 1. The third-order valence-electron chi connectivity index (χ3n) is 6.99. The fourth-order valence-corrected chi connectivity index (χ4v) is 4.98. The van der Waals surface area contributed by atoms with Crippen molar-refractivity contribution in [3.05, 3.63) is 139 Å². The molecule has 0 saturated heterocycles. The number of phenolic OH excluding ortho intramolecular Hbond substituents is 1. The molecule has 6 rings (SSSR count). The molecule has 0 bridgehead atoms. The normalized spacial score (nSPS) is 11.1. The van der Waals surface area contributed by atoms with Crippen LogP contribution < -0.4 is 0 Å². The van der Waals surface area contributed by atoms with Gasteiger partial charge in [-0.15, -0.1) is 35.9 Å². The Hall–Kier alpha value is -4.27. The molecule has 2 heterocycles. The molecule has 0 unspecified atom stereocenters. The van der Waals surface area contributed by atoms with Crippen molar-refractivity contribution in [1.29, 1.82) is 0 Å². The maximum Gasteiger partial charge on any atom is 0.128 e. The van der Waals surface area contributed by atoms with Gasteiger partial charge in [-0.25, -0.2) is 0 Å². The van der Waals surface area contributed by atoms with Crippen molar-refractivity contribution >= 4 is 10.8 Å². The molecule has 5 heteroatoms. The molecule has 1 N–H and O–H groups in total. The van der Waals surface area contributed by atoms with Gasteiger partial charge < -0.3 is 9.67 Å². The van der Waals surface area contributed by atoms with Crippen LogP contribution in [0.5, 0.6) is 5.75 Å². The summed E-state index contributed by atoms with van der Waals surface area (Å²) in [4.78, 5) is 9.30. The molecule has 0 amide bonds. The molecule has 6 aromatic rings. The number of nitrogens with zero attached hydrogens (tertiary/aromatic N) is 3. The van der Waals surface area contributed by atoms with Crippen molar-refractivity contribution in [2.75, 3.05) is 0 Å². The fourth-order valence-electron chi connectivity index (χ4n) is 4.98. The number of aromatic hydroxyl groups is 1. The second-order valence-corrected chi connectivity index (χ2v) is 9.63. The van der Waals surface area contributed by atoms with Crippen LogP contribution in [0.4, 0.5) is 0 Å². The van der Waals surface area contributed by atoms with Gasteiger partial charge in [0.1, 0.15) is 5.75 Å². The number of aryl methyl sites for hydroxylation is 1. The smallest absolute Gasteiger partial charge is 0.128 e. The molecule has 0 saturated carbocycles. The van der Waals surface area contributed by atoms with Crippen LogP contribution in [-0.4, -0.2) is 19.6 Å². The van der Waals surface area contributed by atoms with E-state index in [1.54, 1.807) is 0 Å². The van der Waals surface area contributed by atoms with Gasteiger partial charge in [0.25, 0.3) is 0 Å². The summed E-state index contributed by atoms with van der Waals surface area (Å²) in [5.41, 5.74) is 6.55. The standard InChI is InChI=1S/C35H28N3O.Pt/c1-38-24-33(37-35(38)26-14-6-3-7-15-26)32-21-30(25-12-4-2-5-13-25)20-27(34(32)39)16-8-9-17-28-22-36-23-29-18-10-11-19-31(28)29;/h2-14,18-24,39H,16-17H2,1H3;/q-1;/b9-8-;. The maximum absolute atomic E-state index is 11.4. The number of imidazole rings is 1. The molecule has 200 valence electrons. The number of pyridine rings is 1. The van der Waals surface area contributed by atoms with Gasteiger partial charge in [0, 0.05) is 57.7 Å². The summed E-state index contributed by atoms with van der Waals surface area (Å²) in [7, 11) is 1.97. The quantitative estimate of drug-likeness (QED) is 0.137. The van der Waals surface area contributed by atoms with Crippen molar-refractivity contribution in [3.63, 3.8) is 0 Å². The molecule has 40 heavy (non-hydrogen) atoms. The Balaban J connectivity index is 0.00000323. The van der Waals surface area contributed by atoms with E-state index in [0.29, 0.717) is 6.42 Å². The van der Waals surface area contributed by atoms with Gasteiger partial charge in [-0.3, -0.25) is 9.97 Å². The second-order valence-electron chi connectivity index (χ2n) is 9.63. The van der Waals surface area contributed by atoms with Gasteiger partial charge in [0.2, 0.25) is 0 Å². The van der Waals surface area contributed by atoms with Crippen LogP contribution in [0.1, 0.15) is 11.1 Å². The molecule has 0 atom stereocenters. The van der Waals surface area contributed by atoms with E-state index in [1.807, 2.05) is 84.8 Å². The van der Waals surface area contributed by atoms with E-state index in [-0.39, 0.29) is 26.8 Å². The SMILES string of the molecule is Cn1cc(-c2cc(-c3ccccc3)cc(C/C=C\Cc3cncc4ccccc34)c2O)nc1-c1[c-]cccc1.[Pt]. The van der Waals surface area contributed by atoms with E-state index in [1.165, 1.54) is 10.9 Å². The van der Waals surface area contributed by atoms with Crippen LogP contribution in [0.15, 0.2) is 122 Å². The Morgan fingerprint density at radius 2 is 1.57 bits per heavy atom. The molecule has 4 nitrogen and oxygen atoms in total. The molecule has 0 aliphatic rings. The summed E-state index contributed by atoms with van der Waals surface area (Å²) in [6.45, 7) is 0. The fraction of sp³-hybridized carbons (Fsp3) is 0.0857. The molecule has 0 spiro atoms. The van der Waals surface area contributed by atoms with E-state index in [0.717, 1.165) is 51.1 Å². The average molecular weight is 702 g/mol. The van der Waals surface area contributed by atoms with Gasteiger partial charge >= 0.3 is 0 Å². The second kappa shape index (κ2) is 12.3. The average Bonchev–Trinajstić information content (AvgIpc) is 3.38. The summed E-state index contributed by atoms with van der Waals surface area (Å²) in [6, 6.07) is 33.7. The van der Waals surface area contributed by atoms with Gasteiger partial charge in [0.15, 0.2) is 0 Å². The summed E-state index contributed by atoms with van der Waals surface area (Å²) in [5.74, 6) is 1.06. The first kappa shape index (κ1) is 27.3. The number of fused-ring (bicyclic) bond motifs is 1.